The monoisotopic (exact) mass is 402 g/mol. The number of methoxy groups -OCH3 is 2. The zero-order chi connectivity index (χ0) is 20.8. The molecule has 2 heterocycles. The highest BCUT2D eigenvalue weighted by atomic mass is 16.5. The molecule has 1 aromatic heterocycles. The number of amides is 2. The summed E-state index contributed by atoms with van der Waals surface area (Å²) < 4.78 is 16.1. The molecule has 29 heavy (non-hydrogen) atoms. The Hall–Kier alpha value is -2.77. The van der Waals surface area contributed by atoms with Crippen LogP contribution in [-0.4, -0.2) is 48.4 Å². The summed E-state index contributed by atoms with van der Waals surface area (Å²) in [7, 11) is 3.27. The van der Waals surface area contributed by atoms with E-state index in [0.717, 1.165) is 48.7 Å². The number of likely N-dealkylation sites (tertiary alicyclic amines) is 1. The number of aryl methyl sites for hydroxylation is 1. The molecule has 1 unspecified atom stereocenters. The van der Waals surface area contributed by atoms with E-state index >= 15 is 0 Å². The third-order valence-corrected chi connectivity index (χ3v) is 5.16. The van der Waals surface area contributed by atoms with E-state index in [1.54, 1.807) is 14.2 Å². The number of carbonyl (C=O) groups excluding carboxylic acids is 1. The normalized spacial score (nSPS) is 16.3. The van der Waals surface area contributed by atoms with Crippen molar-refractivity contribution in [3.05, 3.63) is 35.5 Å². The van der Waals surface area contributed by atoms with Crippen molar-refractivity contribution in [1.82, 2.24) is 20.4 Å². The van der Waals surface area contributed by atoms with Gasteiger partial charge in [0.2, 0.25) is 5.89 Å². The molecule has 3 rings (SSSR count). The number of hydrogen-bond donors (Lipinski definition) is 1. The Morgan fingerprint density at radius 1 is 1.34 bits per heavy atom. The summed E-state index contributed by atoms with van der Waals surface area (Å²) >= 11 is 0. The van der Waals surface area contributed by atoms with Crippen molar-refractivity contribution in [2.45, 2.75) is 51.5 Å². The lowest BCUT2D eigenvalue weighted by Gasteiger charge is -2.26. The molecule has 0 saturated carbocycles. The standard InChI is InChI=1S/C21H30N4O4/c1-14(2)20-23-19(29-24-20)8-5-11-22-21(26)25-12-6-7-17(25)16-10-9-15(27-3)13-18(16)28-4/h9-10,13-14,17H,5-8,11-12H2,1-4H3,(H,22,26). The predicted octanol–water partition coefficient (Wildman–Crippen LogP) is 3.69. The van der Waals surface area contributed by atoms with Gasteiger partial charge in [-0.2, -0.15) is 4.98 Å². The molecule has 1 N–H and O–H groups in total. The van der Waals surface area contributed by atoms with E-state index in [0.29, 0.717) is 18.9 Å². The van der Waals surface area contributed by atoms with Crippen LogP contribution in [0.2, 0.25) is 0 Å². The predicted molar refractivity (Wildman–Crippen MR) is 108 cm³/mol. The Bertz CT molecular complexity index is 821. The van der Waals surface area contributed by atoms with Gasteiger partial charge in [0.05, 0.1) is 20.3 Å². The highest BCUT2D eigenvalue weighted by Gasteiger charge is 2.31. The fourth-order valence-corrected chi connectivity index (χ4v) is 3.57. The number of nitrogens with zero attached hydrogens (tertiary/aromatic N) is 3. The van der Waals surface area contributed by atoms with Gasteiger partial charge >= 0.3 is 6.03 Å². The summed E-state index contributed by atoms with van der Waals surface area (Å²) in [6.45, 7) is 5.34. The average Bonchev–Trinajstić information content (AvgIpc) is 3.40. The number of aromatic nitrogens is 2. The molecule has 0 aliphatic carbocycles. The van der Waals surface area contributed by atoms with Crippen molar-refractivity contribution in [3.63, 3.8) is 0 Å². The third kappa shape index (κ3) is 4.99. The minimum absolute atomic E-state index is 0.000367. The van der Waals surface area contributed by atoms with Gasteiger partial charge in [0.15, 0.2) is 5.82 Å². The lowest BCUT2D eigenvalue weighted by Crippen LogP contribution is -2.40. The second-order valence-corrected chi connectivity index (χ2v) is 7.50. The summed E-state index contributed by atoms with van der Waals surface area (Å²) in [5, 5.41) is 6.98. The molecule has 0 spiro atoms. The maximum Gasteiger partial charge on any atom is 0.317 e. The molecule has 0 radical (unpaired) electrons. The third-order valence-electron chi connectivity index (χ3n) is 5.16. The second kappa shape index (κ2) is 9.62. The number of hydrogen-bond acceptors (Lipinski definition) is 6. The fourth-order valence-electron chi connectivity index (χ4n) is 3.57. The first-order chi connectivity index (χ1) is 14.0. The molecule has 1 aliphatic rings. The minimum atomic E-state index is -0.0567. The van der Waals surface area contributed by atoms with Gasteiger partial charge in [0.25, 0.3) is 0 Å². The van der Waals surface area contributed by atoms with E-state index in [9.17, 15) is 4.79 Å². The molecule has 1 aliphatic heterocycles. The lowest BCUT2D eigenvalue weighted by molar-refractivity contribution is 0.192. The molecule has 8 nitrogen and oxygen atoms in total. The van der Waals surface area contributed by atoms with E-state index in [2.05, 4.69) is 15.5 Å². The molecule has 158 valence electrons. The van der Waals surface area contributed by atoms with Crippen molar-refractivity contribution in [3.8, 4) is 11.5 Å². The zero-order valence-electron chi connectivity index (χ0n) is 17.6. The highest BCUT2D eigenvalue weighted by molar-refractivity contribution is 5.75. The van der Waals surface area contributed by atoms with E-state index in [1.807, 2.05) is 36.9 Å². The smallest absolute Gasteiger partial charge is 0.317 e. The molecule has 0 bridgehead atoms. The van der Waals surface area contributed by atoms with Crippen molar-refractivity contribution in [1.29, 1.82) is 0 Å². The maximum atomic E-state index is 12.8. The quantitative estimate of drug-likeness (QED) is 0.678. The van der Waals surface area contributed by atoms with Gasteiger partial charge in [0.1, 0.15) is 11.5 Å². The molecular formula is C21H30N4O4. The summed E-state index contributed by atoms with van der Waals surface area (Å²) in [4.78, 5) is 19.0. The molecule has 2 amide bonds. The van der Waals surface area contributed by atoms with Crippen molar-refractivity contribution < 1.29 is 18.8 Å². The number of benzene rings is 1. The number of nitrogens with one attached hydrogen (secondary N) is 1. The Morgan fingerprint density at radius 3 is 2.86 bits per heavy atom. The van der Waals surface area contributed by atoms with Gasteiger partial charge in [-0.25, -0.2) is 4.79 Å². The molecule has 1 aromatic carbocycles. The van der Waals surface area contributed by atoms with E-state index in [4.69, 9.17) is 14.0 Å². The van der Waals surface area contributed by atoms with Gasteiger partial charge in [-0.05, 0) is 31.4 Å². The van der Waals surface area contributed by atoms with Crippen LogP contribution in [0.4, 0.5) is 4.79 Å². The van der Waals surface area contributed by atoms with Crippen LogP contribution in [-0.2, 0) is 6.42 Å². The van der Waals surface area contributed by atoms with E-state index in [1.165, 1.54) is 0 Å². The maximum absolute atomic E-state index is 12.8. The van der Waals surface area contributed by atoms with Gasteiger partial charge < -0.3 is 24.2 Å². The van der Waals surface area contributed by atoms with Crippen LogP contribution in [0, 0.1) is 0 Å². The van der Waals surface area contributed by atoms with Crippen molar-refractivity contribution in [2.24, 2.45) is 0 Å². The largest absolute Gasteiger partial charge is 0.497 e. The molecule has 1 atom stereocenters. The Morgan fingerprint density at radius 2 is 2.17 bits per heavy atom. The molecule has 1 saturated heterocycles. The van der Waals surface area contributed by atoms with Crippen LogP contribution >= 0.6 is 0 Å². The molecule has 2 aromatic rings. The first kappa shape index (κ1) is 21.0. The van der Waals surface area contributed by atoms with Gasteiger partial charge in [-0.3, -0.25) is 0 Å². The van der Waals surface area contributed by atoms with Crippen LogP contribution in [0.25, 0.3) is 0 Å². The summed E-state index contributed by atoms with van der Waals surface area (Å²) in [6.07, 6.45) is 3.27. The van der Waals surface area contributed by atoms with E-state index in [-0.39, 0.29) is 18.0 Å². The Labute approximate surface area is 171 Å². The van der Waals surface area contributed by atoms with Crippen LogP contribution in [0.3, 0.4) is 0 Å². The Kier molecular flexibility index (Phi) is 6.95. The van der Waals surface area contributed by atoms with E-state index < -0.39 is 0 Å². The Balaban J connectivity index is 1.54. The van der Waals surface area contributed by atoms with Crippen molar-refractivity contribution >= 4 is 6.03 Å². The highest BCUT2D eigenvalue weighted by Crippen LogP contribution is 2.38. The van der Waals surface area contributed by atoms with Crippen LogP contribution in [0.15, 0.2) is 22.7 Å². The zero-order valence-corrected chi connectivity index (χ0v) is 17.6. The fraction of sp³-hybridized carbons (Fsp3) is 0.571. The summed E-state index contributed by atoms with van der Waals surface area (Å²) in [6, 6.07) is 5.69. The lowest BCUT2D eigenvalue weighted by atomic mass is 10.0. The van der Waals surface area contributed by atoms with Gasteiger partial charge in [0, 0.05) is 37.1 Å². The average molecular weight is 402 g/mol. The number of carbonyl (C=O) groups is 1. The van der Waals surface area contributed by atoms with Crippen LogP contribution in [0.1, 0.15) is 62.3 Å². The number of urea groups is 1. The van der Waals surface area contributed by atoms with Gasteiger partial charge in [-0.15, -0.1) is 0 Å². The number of rotatable bonds is 8. The molecular weight excluding hydrogens is 372 g/mol. The minimum Gasteiger partial charge on any atom is -0.497 e. The molecule has 8 heteroatoms. The topological polar surface area (TPSA) is 89.7 Å². The summed E-state index contributed by atoms with van der Waals surface area (Å²) in [5.41, 5.74) is 1.01. The SMILES string of the molecule is COc1ccc(C2CCCN2C(=O)NCCCc2nc(C(C)C)no2)c(OC)c1. The van der Waals surface area contributed by atoms with Crippen molar-refractivity contribution in [2.75, 3.05) is 27.3 Å². The second-order valence-electron chi connectivity index (χ2n) is 7.50. The summed E-state index contributed by atoms with van der Waals surface area (Å²) in [5.74, 6) is 3.06. The van der Waals surface area contributed by atoms with Gasteiger partial charge in [-0.1, -0.05) is 19.0 Å². The molecule has 1 fully saturated rings. The number of ether oxygens (including phenoxy) is 2. The first-order valence-electron chi connectivity index (χ1n) is 10.1. The van der Waals surface area contributed by atoms with Crippen LogP contribution in [0.5, 0.6) is 11.5 Å². The van der Waals surface area contributed by atoms with Crippen LogP contribution < -0.4 is 14.8 Å². The first-order valence-corrected chi connectivity index (χ1v) is 10.1.